The van der Waals surface area contributed by atoms with Gasteiger partial charge >= 0.3 is 0 Å². The highest BCUT2D eigenvalue weighted by Crippen LogP contribution is 2.30. The Bertz CT molecular complexity index is 487. The van der Waals surface area contributed by atoms with Gasteiger partial charge < -0.3 is 14.8 Å². The van der Waals surface area contributed by atoms with Gasteiger partial charge in [0.05, 0.1) is 0 Å². The van der Waals surface area contributed by atoms with E-state index in [0.717, 1.165) is 25.0 Å². The average Bonchev–Trinajstić information content (AvgIpc) is 2.54. The second-order valence-electron chi connectivity index (χ2n) is 5.70. The van der Waals surface area contributed by atoms with Crippen molar-refractivity contribution in [2.24, 2.45) is 0 Å². The van der Waals surface area contributed by atoms with Crippen LogP contribution < -0.4 is 10.1 Å². The zero-order valence-electron chi connectivity index (χ0n) is 13.7. The Balaban J connectivity index is 1.84. The van der Waals surface area contributed by atoms with Crippen molar-refractivity contribution in [1.29, 1.82) is 0 Å². The maximum Gasteiger partial charge on any atom is 0.260 e. The van der Waals surface area contributed by atoms with Crippen molar-refractivity contribution in [3.63, 3.8) is 0 Å². The Morgan fingerprint density at radius 1 is 1.32 bits per heavy atom. The lowest BCUT2D eigenvalue weighted by Crippen LogP contribution is -2.37. The molecular formula is C18H27NO3. The van der Waals surface area contributed by atoms with Gasteiger partial charge in [0, 0.05) is 19.8 Å². The number of nitrogens with one attached hydrogen (secondary N) is 1. The second-order valence-corrected chi connectivity index (χ2v) is 5.70. The number of hydrogen-bond donors (Lipinski definition) is 1. The topological polar surface area (TPSA) is 47.6 Å². The van der Waals surface area contributed by atoms with E-state index in [2.05, 4.69) is 11.4 Å². The van der Waals surface area contributed by atoms with Gasteiger partial charge in [-0.25, -0.2) is 0 Å². The summed E-state index contributed by atoms with van der Waals surface area (Å²) in [7, 11) is 0. The zero-order valence-corrected chi connectivity index (χ0v) is 13.7. The molecule has 1 atom stereocenters. The van der Waals surface area contributed by atoms with Crippen LogP contribution >= 0.6 is 0 Å². The fourth-order valence-corrected chi connectivity index (χ4v) is 2.77. The third-order valence-electron chi connectivity index (χ3n) is 3.99. The largest absolute Gasteiger partial charge is 0.481 e. The van der Waals surface area contributed by atoms with E-state index >= 15 is 0 Å². The maximum absolute atomic E-state index is 12.1. The van der Waals surface area contributed by atoms with Crippen molar-refractivity contribution < 1.29 is 14.3 Å². The van der Waals surface area contributed by atoms with Crippen molar-refractivity contribution in [2.45, 2.75) is 52.1 Å². The number of carbonyl (C=O) groups is 1. The molecule has 0 spiro atoms. The van der Waals surface area contributed by atoms with Gasteiger partial charge in [-0.2, -0.15) is 0 Å². The van der Waals surface area contributed by atoms with Crippen LogP contribution in [0, 0.1) is 0 Å². The van der Waals surface area contributed by atoms with E-state index in [1.165, 1.54) is 24.0 Å². The molecule has 4 heteroatoms. The van der Waals surface area contributed by atoms with Gasteiger partial charge in [-0.05, 0) is 63.1 Å². The molecule has 0 fully saturated rings. The van der Waals surface area contributed by atoms with Gasteiger partial charge in [-0.15, -0.1) is 0 Å². The van der Waals surface area contributed by atoms with Crippen molar-refractivity contribution >= 4 is 5.91 Å². The molecule has 1 N–H and O–H groups in total. The molecule has 22 heavy (non-hydrogen) atoms. The minimum atomic E-state index is -0.472. The van der Waals surface area contributed by atoms with Crippen LogP contribution in [0.4, 0.5) is 0 Å². The van der Waals surface area contributed by atoms with E-state index in [4.69, 9.17) is 9.47 Å². The van der Waals surface area contributed by atoms with E-state index in [1.807, 2.05) is 19.1 Å². The van der Waals surface area contributed by atoms with Crippen molar-refractivity contribution in [3.05, 3.63) is 29.3 Å². The quantitative estimate of drug-likeness (QED) is 0.751. The predicted molar refractivity (Wildman–Crippen MR) is 87.3 cm³/mol. The van der Waals surface area contributed by atoms with Crippen LogP contribution in [0.2, 0.25) is 0 Å². The molecule has 0 radical (unpaired) electrons. The minimum absolute atomic E-state index is 0.0649. The first-order valence-corrected chi connectivity index (χ1v) is 8.35. The Kier molecular flexibility index (Phi) is 6.72. The number of benzene rings is 1. The second kappa shape index (κ2) is 8.79. The molecule has 4 nitrogen and oxygen atoms in total. The predicted octanol–water partition coefficient (Wildman–Crippen LogP) is 2.88. The summed E-state index contributed by atoms with van der Waals surface area (Å²) in [4.78, 5) is 12.1. The normalized spacial score (nSPS) is 15.0. The number of rotatable bonds is 8. The standard InChI is InChI=1S/C18H27NO3/c1-3-21-13-7-12-19-18(20)14(2)22-17-11-6-9-15-8-4-5-10-16(15)17/h6,9,11,14H,3-5,7-8,10,12-13H2,1-2H3,(H,19,20)/t14-/m1/s1. The summed E-state index contributed by atoms with van der Waals surface area (Å²) in [5, 5.41) is 2.90. The molecule has 0 saturated carbocycles. The Morgan fingerprint density at radius 3 is 2.95 bits per heavy atom. The molecular weight excluding hydrogens is 278 g/mol. The van der Waals surface area contributed by atoms with E-state index in [1.54, 1.807) is 6.92 Å². The van der Waals surface area contributed by atoms with Gasteiger partial charge in [0.2, 0.25) is 0 Å². The number of aryl methyl sites for hydroxylation is 1. The molecule has 0 heterocycles. The highest BCUT2D eigenvalue weighted by Gasteiger charge is 2.18. The maximum atomic E-state index is 12.1. The van der Waals surface area contributed by atoms with Crippen LogP contribution in [0.25, 0.3) is 0 Å². The summed E-state index contributed by atoms with van der Waals surface area (Å²) in [6.07, 6.45) is 4.96. The SMILES string of the molecule is CCOCCCNC(=O)[C@@H](C)Oc1cccc2c1CCCC2. The zero-order chi connectivity index (χ0) is 15.8. The molecule has 2 rings (SSSR count). The molecule has 0 aliphatic heterocycles. The molecule has 0 aromatic heterocycles. The van der Waals surface area contributed by atoms with E-state index < -0.39 is 6.10 Å². The molecule has 1 aromatic rings. The number of hydrogen-bond acceptors (Lipinski definition) is 3. The molecule has 1 aliphatic carbocycles. The van der Waals surface area contributed by atoms with Crippen molar-refractivity contribution in [3.8, 4) is 5.75 Å². The fraction of sp³-hybridized carbons (Fsp3) is 0.611. The summed E-state index contributed by atoms with van der Waals surface area (Å²) in [5.74, 6) is 0.805. The molecule has 1 aromatic carbocycles. The molecule has 122 valence electrons. The number of amides is 1. The van der Waals surface area contributed by atoms with Crippen LogP contribution in [-0.4, -0.2) is 31.8 Å². The summed E-state index contributed by atoms with van der Waals surface area (Å²) in [6.45, 7) is 5.79. The first kappa shape index (κ1) is 16.8. The lowest BCUT2D eigenvalue weighted by Gasteiger charge is -2.22. The molecule has 0 unspecified atom stereocenters. The Hall–Kier alpha value is -1.55. The lowest BCUT2D eigenvalue weighted by atomic mass is 9.91. The Morgan fingerprint density at radius 2 is 2.14 bits per heavy atom. The number of carbonyl (C=O) groups excluding carboxylic acids is 1. The highest BCUT2D eigenvalue weighted by atomic mass is 16.5. The van der Waals surface area contributed by atoms with Gasteiger partial charge in [-0.1, -0.05) is 12.1 Å². The van der Waals surface area contributed by atoms with Gasteiger partial charge in [0.1, 0.15) is 5.75 Å². The van der Waals surface area contributed by atoms with E-state index in [0.29, 0.717) is 19.8 Å². The molecule has 1 amide bonds. The van der Waals surface area contributed by atoms with Crippen LogP contribution in [0.3, 0.4) is 0 Å². The molecule has 0 bridgehead atoms. The third kappa shape index (κ3) is 4.73. The van der Waals surface area contributed by atoms with Gasteiger partial charge in [0.15, 0.2) is 6.10 Å². The summed E-state index contributed by atoms with van der Waals surface area (Å²) < 4.78 is 11.2. The van der Waals surface area contributed by atoms with Crippen LogP contribution in [0.15, 0.2) is 18.2 Å². The average molecular weight is 305 g/mol. The smallest absolute Gasteiger partial charge is 0.260 e. The van der Waals surface area contributed by atoms with Crippen LogP contribution in [0.1, 0.15) is 44.2 Å². The summed E-state index contributed by atoms with van der Waals surface area (Å²) in [6, 6.07) is 6.16. The first-order chi connectivity index (χ1) is 10.7. The molecule has 1 aliphatic rings. The fourth-order valence-electron chi connectivity index (χ4n) is 2.77. The summed E-state index contributed by atoms with van der Waals surface area (Å²) >= 11 is 0. The van der Waals surface area contributed by atoms with Crippen LogP contribution in [-0.2, 0) is 22.4 Å². The van der Waals surface area contributed by atoms with E-state index in [9.17, 15) is 4.79 Å². The first-order valence-electron chi connectivity index (χ1n) is 8.35. The number of ether oxygens (including phenoxy) is 2. The van der Waals surface area contributed by atoms with Gasteiger partial charge in [0.25, 0.3) is 5.91 Å². The van der Waals surface area contributed by atoms with Crippen molar-refractivity contribution in [2.75, 3.05) is 19.8 Å². The van der Waals surface area contributed by atoms with Gasteiger partial charge in [-0.3, -0.25) is 4.79 Å². The Labute approximate surface area is 133 Å². The third-order valence-corrected chi connectivity index (χ3v) is 3.99. The number of fused-ring (bicyclic) bond motifs is 1. The monoisotopic (exact) mass is 305 g/mol. The minimum Gasteiger partial charge on any atom is -0.481 e. The highest BCUT2D eigenvalue weighted by molar-refractivity contribution is 5.80. The molecule has 0 saturated heterocycles. The van der Waals surface area contributed by atoms with Crippen LogP contribution in [0.5, 0.6) is 5.75 Å². The van der Waals surface area contributed by atoms with Crippen molar-refractivity contribution in [1.82, 2.24) is 5.32 Å². The summed E-state index contributed by atoms with van der Waals surface area (Å²) in [5.41, 5.74) is 2.65. The van der Waals surface area contributed by atoms with E-state index in [-0.39, 0.29) is 5.91 Å². The lowest BCUT2D eigenvalue weighted by molar-refractivity contribution is -0.127.